The van der Waals surface area contributed by atoms with Crippen molar-refractivity contribution in [3.8, 4) is 0 Å². The number of non-ortho nitro benzene ring substituents is 2. The first kappa shape index (κ1) is 94.6. The van der Waals surface area contributed by atoms with E-state index >= 15 is 0 Å². The SMILES string of the molecule is COCCOCCCC(=O)NS(=O)(=O)c1cccc2cccc(NC(=O)c3ccc(Br)cc3)c12.COCCOCCCC(=O)NS(=O)(=O)c1cccc2cccc([N+](=O)[O-])c12.COCCOCCCC(=O)O.N.O=C(O)c1ccc(Br)cc1.O=C[O-].O=[N+]([O-])c1cccc2cccc(S(=O)(=O)Cl)c12.[K+]. The molecule has 0 bridgehead atoms. The Hall–Kier alpha value is -7.38. The van der Waals surface area contributed by atoms with E-state index in [1.165, 1.54) is 54.6 Å². The van der Waals surface area contributed by atoms with Crippen molar-refractivity contribution in [1.82, 2.24) is 15.6 Å². The van der Waals surface area contributed by atoms with Crippen molar-refractivity contribution in [3.63, 3.8) is 0 Å². The minimum Gasteiger partial charge on any atom is -0.554 e. The van der Waals surface area contributed by atoms with Gasteiger partial charge in [-0.15, -0.1) is 0 Å². The number of aromatic carboxylic acids is 1. The number of aliphatic carboxylic acids is 1. The van der Waals surface area contributed by atoms with E-state index in [0.29, 0.717) is 110 Å². The molecule has 0 fully saturated rings. The van der Waals surface area contributed by atoms with Crippen molar-refractivity contribution in [1.29, 1.82) is 0 Å². The first-order valence-corrected chi connectivity index (χ1v) is 36.8. The third-order valence-corrected chi connectivity index (χ3v) is 18.3. The Kier molecular flexibility index (Phi) is 45.7. The van der Waals surface area contributed by atoms with Crippen LogP contribution in [0.4, 0.5) is 17.1 Å². The van der Waals surface area contributed by atoms with Crippen LogP contribution in [-0.4, -0.2) is 162 Å². The summed E-state index contributed by atoms with van der Waals surface area (Å²) in [5.74, 6) is -3.40. The molecule has 0 unspecified atom stereocenters. The van der Waals surface area contributed by atoms with Gasteiger partial charge in [-0.1, -0.05) is 105 Å². The molecule has 0 aliphatic heterocycles. The zero-order valence-corrected chi connectivity index (χ0v) is 65.9. The number of carbonyl (C=O) groups excluding carboxylic acids is 4. The van der Waals surface area contributed by atoms with Gasteiger partial charge < -0.3 is 60.0 Å². The molecule has 0 spiro atoms. The fraction of sp³-hybridized carbons (Fsp3) is 0.273. The topological polar surface area (TPSA) is 481 Å². The van der Waals surface area contributed by atoms with Crippen LogP contribution in [0.15, 0.2) is 181 Å². The second-order valence-electron chi connectivity index (χ2n) is 20.3. The molecule has 3 amide bonds. The maximum atomic E-state index is 13.1. The Labute approximate surface area is 662 Å². The van der Waals surface area contributed by atoms with E-state index in [-0.39, 0.29) is 126 Å². The fourth-order valence-corrected chi connectivity index (χ4v) is 12.7. The molecule has 0 aliphatic rings. The molecular weight excluding hydrogens is 1610 g/mol. The maximum Gasteiger partial charge on any atom is 1.00 e. The molecule has 0 saturated carbocycles. The number of benzene rings is 8. The number of rotatable bonds is 31. The van der Waals surface area contributed by atoms with Crippen LogP contribution in [0.1, 0.15) is 59.2 Å². The van der Waals surface area contributed by atoms with Crippen LogP contribution in [-0.2, 0) is 76.7 Å². The number of methoxy groups -OCH3 is 3. The molecule has 104 heavy (non-hydrogen) atoms. The third-order valence-electron chi connectivity index (χ3n) is 13.1. The van der Waals surface area contributed by atoms with E-state index in [0.717, 1.165) is 8.95 Å². The normalized spacial score (nSPS) is 10.6. The number of nitro groups is 2. The number of hydrogen-bond donors (Lipinski definition) is 6. The van der Waals surface area contributed by atoms with E-state index in [9.17, 15) is 69.5 Å². The van der Waals surface area contributed by atoms with Crippen molar-refractivity contribution >= 4 is 157 Å². The Morgan fingerprint density at radius 3 is 1.17 bits per heavy atom. The van der Waals surface area contributed by atoms with E-state index in [1.54, 1.807) is 124 Å². The van der Waals surface area contributed by atoms with Crippen molar-refractivity contribution in [3.05, 3.63) is 198 Å². The van der Waals surface area contributed by atoms with Gasteiger partial charge in [-0.3, -0.25) is 39.4 Å². The average molecular weight is 1680 g/mol. The minimum absolute atomic E-state index is 0. The van der Waals surface area contributed by atoms with E-state index in [2.05, 4.69) is 41.9 Å². The molecule has 0 radical (unpaired) electrons. The number of nitro benzene ring substituents is 2. The largest absolute Gasteiger partial charge is 1.00 e. The van der Waals surface area contributed by atoms with E-state index in [4.69, 9.17) is 59.2 Å². The van der Waals surface area contributed by atoms with Gasteiger partial charge in [0.2, 0.25) is 11.8 Å². The van der Waals surface area contributed by atoms with Crippen LogP contribution in [0.25, 0.3) is 32.3 Å². The van der Waals surface area contributed by atoms with Gasteiger partial charge in [0, 0.05) is 110 Å². The van der Waals surface area contributed by atoms with Crippen molar-refractivity contribution in [2.75, 3.05) is 86.1 Å². The Morgan fingerprint density at radius 1 is 0.490 bits per heavy atom. The predicted octanol–water partition coefficient (Wildman–Crippen LogP) is 6.97. The number of ether oxygens (including phenoxy) is 6. The summed E-state index contributed by atoms with van der Waals surface area (Å²) in [5, 5.41) is 51.6. The number of carboxylic acids is 2. The summed E-state index contributed by atoms with van der Waals surface area (Å²) < 4.78 is 110. The number of carbonyl (C=O) groups is 6. The quantitative estimate of drug-likeness (QED) is 0.00638. The minimum atomic E-state index is -4.26. The van der Waals surface area contributed by atoms with Crippen LogP contribution >= 0.6 is 42.5 Å². The zero-order chi connectivity index (χ0) is 75.8. The summed E-state index contributed by atoms with van der Waals surface area (Å²) in [7, 11) is -2.50. The predicted molar refractivity (Wildman–Crippen MR) is 387 cm³/mol. The summed E-state index contributed by atoms with van der Waals surface area (Å²) in [6.07, 6.45) is 1.38. The number of nitrogens with zero attached hydrogens (tertiary/aromatic N) is 2. The fourth-order valence-electron chi connectivity index (χ4n) is 8.57. The molecule has 0 heterocycles. The van der Waals surface area contributed by atoms with Crippen LogP contribution in [0.3, 0.4) is 0 Å². The summed E-state index contributed by atoms with van der Waals surface area (Å²) in [6, 6.07) is 40.3. The molecule has 0 aliphatic carbocycles. The van der Waals surface area contributed by atoms with Crippen LogP contribution in [0.2, 0.25) is 0 Å². The molecule has 8 N–H and O–H groups in total. The van der Waals surface area contributed by atoms with Gasteiger partial charge >= 0.3 is 63.3 Å². The molecule has 31 nitrogen and oxygen atoms in total. The smallest absolute Gasteiger partial charge is 0.554 e. The van der Waals surface area contributed by atoms with E-state index in [1.807, 2.05) is 4.72 Å². The number of sulfonamides is 2. The molecule has 8 rings (SSSR count). The average Bonchev–Trinajstić information content (AvgIpc) is 0.788. The number of amides is 3. The molecule has 8 aromatic carbocycles. The third kappa shape index (κ3) is 33.8. The van der Waals surface area contributed by atoms with Crippen molar-refractivity contribution < 1.29 is 159 Å². The van der Waals surface area contributed by atoms with Gasteiger partial charge in [-0.2, -0.15) is 0 Å². The first-order chi connectivity index (χ1) is 48.5. The number of carboxylic acid groups (broad SMARTS) is 3. The summed E-state index contributed by atoms with van der Waals surface area (Å²) in [6.45, 7) is 3.37. The maximum absolute atomic E-state index is 13.1. The molecule has 0 aromatic heterocycles. The van der Waals surface area contributed by atoms with Crippen LogP contribution in [0, 0.1) is 20.2 Å². The second kappa shape index (κ2) is 50.2. The van der Waals surface area contributed by atoms with Gasteiger partial charge in [0.05, 0.1) is 81.3 Å². The monoisotopic (exact) mass is 1680 g/mol. The summed E-state index contributed by atoms with van der Waals surface area (Å²) >= 11 is 6.53. The van der Waals surface area contributed by atoms with Gasteiger partial charge in [-0.05, 0) is 108 Å². The number of halogens is 3. The van der Waals surface area contributed by atoms with Gasteiger partial charge in [0.1, 0.15) is 4.90 Å². The molecule has 0 atom stereocenters. The number of hydrogen-bond acceptors (Lipinski definition) is 24. The Balaban J connectivity index is 0.000000686. The molecule has 8 aromatic rings. The van der Waals surface area contributed by atoms with Crippen molar-refractivity contribution in [2.45, 2.75) is 53.2 Å². The van der Waals surface area contributed by atoms with Crippen molar-refractivity contribution in [2.24, 2.45) is 0 Å². The van der Waals surface area contributed by atoms with Crippen LogP contribution < -0.4 is 77.4 Å². The Bertz CT molecular complexity index is 4460. The van der Waals surface area contributed by atoms with Gasteiger partial charge in [0.15, 0.2) is 0 Å². The molecular formula is C66H74Br2ClKN6O25S3. The summed E-state index contributed by atoms with van der Waals surface area (Å²) in [5.41, 5.74) is 0.435. The van der Waals surface area contributed by atoms with Gasteiger partial charge in [0.25, 0.3) is 46.4 Å². The number of anilines is 1. The second-order valence-corrected chi connectivity index (χ2v) is 28.0. The molecule has 558 valence electrons. The molecule has 0 saturated heterocycles. The Morgan fingerprint density at radius 2 is 0.817 bits per heavy atom. The number of fused-ring (bicyclic) bond motifs is 3. The van der Waals surface area contributed by atoms with E-state index < -0.39 is 69.2 Å². The zero-order valence-electron chi connectivity index (χ0n) is 56.4. The van der Waals surface area contributed by atoms with Crippen LogP contribution in [0.5, 0.6) is 0 Å². The standard InChI is InChI=1S/C24H25BrN2O6S.C17H20N2O7S.C10H6ClNO4S.C7H5BrO2.C7H14O4.CH2O2.K.H3N/c1-32-15-16-33-14-4-9-22(28)27-34(30,31)21-8-3-6-17-5-2-7-20(23(17)21)26-24(29)18-10-12-19(25)13-11-18;1-25-11-12-26-10-4-9-16(20)18-27(23,24)15-8-3-6-13-5-2-7-14(17(13)15)19(21)22;11-17(15,16)9-6-2-4-7-3-1-5-8(10(7)9)12(13)14;8-6-3-1-5(2-4-6)7(9)10;1-10-5-6-11-4-2-3-7(8)9;2-1-3;;/h2-3,5-8,10-13H,4,9,14-16H2,1H3,(H,26,29)(H,27,28);2-3,5-8H,4,9-12H2,1H3,(H,18,20);1-6H;1-4H,(H,9,10);2-6H2,1H3,(H,8,9);1H,(H,2,3);;1H3/q;;;;;;+1;/p-1. The summed E-state index contributed by atoms with van der Waals surface area (Å²) in [4.78, 5) is 85.8. The van der Waals surface area contributed by atoms with Gasteiger partial charge in [-0.25, -0.2) is 39.5 Å². The molecule has 38 heteroatoms. The first-order valence-electron chi connectivity index (χ1n) is 29.9. The number of nitrogens with one attached hydrogen (secondary N) is 3.